The molecule has 2 aromatic carbocycles. The van der Waals surface area contributed by atoms with Gasteiger partial charge in [-0.3, -0.25) is 19.4 Å². The third-order valence-electron chi connectivity index (χ3n) is 5.40. The SMILES string of the molecule is CC(=O)c1c(C)nc2sc(C(=O)Nc3c[n+](-c4ccccc4)no3)c(N)c2c1-c1ccccc1. The van der Waals surface area contributed by atoms with Gasteiger partial charge in [0, 0.05) is 28.6 Å². The number of nitrogens with zero attached hydrogens (tertiary/aromatic N) is 3. The highest BCUT2D eigenvalue weighted by atomic mass is 32.1. The van der Waals surface area contributed by atoms with Gasteiger partial charge in [-0.05, 0) is 24.1 Å². The highest BCUT2D eigenvalue weighted by Gasteiger charge is 2.26. The Hall–Kier alpha value is -4.37. The number of rotatable bonds is 5. The minimum Gasteiger partial charge on any atom is -0.397 e. The zero-order valence-electron chi connectivity index (χ0n) is 18.4. The summed E-state index contributed by atoms with van der Waals surface area (Å²) in [6.07, 6.45) is 1.57. The predicted molar refractivity (Wildman–Crippen MR) is 130 cm³/mol. The van der Waals surface area contributed by atoms with Crippen LogP contribution >= 0.6 is 11.3 Å². The first-order chi connectivity index (χ1) is 16.4. The summed E-state index contributed by atoms with van der Waals surface area (Å²) in [6, 6.07) is 18.9. The third kappa shape index (κ3) is 3.71. The number of aromatic nitrogens is 3. The van der Waals surface area contributed by atoms with Crippen LogP contribution in [0.1, 0.15) is 32.6 Å². The molecule has 0 unspecified atom stereocenters. The topological polar surface area (TPSA) is 115 Å². The van der Waals surface area contributed by atoms with Crippen LogP contribution in [0.25, 0.3) is 27.0 Å². The van der Waals surface area contributed by atoms with Crippen LogP contribution in [0.4, 0.5) is 11.6 Å². The van der Waals surface area contributed by atoms with Gasteiger partial charge in [0.1, 0.15) is 9.71 Å². The van der Waals surface area contributed by atoms with Gasteiger partial charge in [-0.2, -0.15) is 0 Å². The number of benzene rings is 2. The summed E-state index contributed by atoms with van der Waals surface area (Å²) in [4.78, 5) is 31.1. The van der Waals surface area contributed by atoms with Gasteiger partial charge in [0.15, 0.2) is 5.78 Å². The lowest BCUT2D eigenvalue weighted by atomic mass is 9.93. The standard InChI is InChI=1S/C25H19N5O3S/c1-14-19(15(2)31)20(16-9-5-3-6-10-16)21-22(26)23(34-25(21)27-14)24(32)28-18-13-30(29-33-18)17-11-7-4-8-12-17/h3-13H,1-2H3,(H2-,26,28,29,32)/p+1. The Morgan fingerprint density at radius 3 is 2.41 bits per heavy atom. The fourth-order valence-corrected chi connectivity index (χ4v) is 4.98. The van der Waals surface area contributed by atoms with Gasteiger partial charge in [0.25, 0.3) is 12.1 Å². The molecule has 0 radical (unpaired) electrons. The number of anilines is 2. The second-order valence-electron chi connectivity index (χ2n) is 7.69. The maximum Gasteiger partial charge on any atom is 0.303 e. The highest BCUT2D eigenvalue weighted by molar-refractivity contribution is 7.21. The van der Waals surface area contributed by atoms with Crippen molar-refractivity contribution in [2.45, 2.75) is 13.8 Å². The van der Waals surface area contributed by atoms with E-state index >= 15 is 0 Å². The van der Waals surface area contributed by atoms with Crippen LogP contribution in [-0.2, 0) is 0 Å². The van der Waals surface area contributed by atoms with E-state index in [-0.39, 0.29) is 22.2 Å². The van der Waals surface area contributed by atoms with E-state index in [1.54, 1.807) is 13.1 Å². The fraction of sp³-hybridized carbons (Fsp3) is 0.0800. The first kappa shape index (κ1) is 21.5. The number of hydrogen-bond acceptors (Lipinski definition) is 7. The van der Waals surface area contributed by atoms with E-state index in [1.165, 1.54) is 22.9 Å². The first-order valence-electron chi connectivity index (χ1n) is 10.5. The summed E-state index contributed by atoms with van der Waals surface area (Å²) in [7, 11) is 0. The number of carbonyl (C=O) groups is 2. The highest BCUT2D eigenvalue weighted by Crippen LogP contribution is 2.42. The largest absolute Gasteiger partial charge is 0.397 e. The van der Waals surface area contributed by atoms with Gasteiger partial charge in [-0.1, -0.05) is 48.5 Å². The van der Waals surface area contributed by atoms with Crippen LogP contribution in [-0.4, -0.2) is 21.9 Å². The fourth-order valence-electron chi connectivity index (χ4n) is 3.93. The average Bonchev–Trinajstić information content (AvgIpc) is 3.43. The molecule has 0 fully saturated rings. The van der Waals surface area contributed by atoms with E-state index in [4.69, 9.17) is 10.3 Å². The average molecular weight is 471 g/mol. The lowest BCUT2D eigenvalue weighted by Crippen LogP contribution is -2.31. The molecule has 0 aliphatic heterocycles. The molecule has 0 bridgehead atoms. The molecular formula is C25H20N5O3S+. The number of pyridine rings is 1. The van der Waals surface area contributed by atoms with Crippen molar-refractivity contribution >= 4 is 44.8 Å². The molecule has 0 saturated heterocycles. The molecular weight excluding hydrogens is 450 g/mol. The van der Waals surface area contributed by atoms with Crippen LogP contribution in [0.5, 0.6) is 0 Å². The van der Waals surface area contributed by atoms with Gasteiger partial charge in [0.2, 0.25) is 11.0 Å². The quantitative estimate of drug-likeness (QED) is 0.287. The Labute approximate surface area is 198 Å². The van der Waals surface area contributed by atoms with Crippen LogP contribution in [0.3, 0.4) is 0 Å². The number of Topliss-reactive ketones (excluding diaryl/α,β-unsaturated/α-hetero) is 1. The van der Waals surface area contributed by atoms with Crippen LogP contribution in [0, 0.1) is 6.92 Å². The summed E-state index contributed by atoms with van der Waals surface area (Å²) in [5, 5.41) is 7.24. The molecule has 5 rings (SSSR count). The van der Waals surface area contributed by atoms with Crippen molar-refractivity contribution in [2.75, 3.05) is 11.1 Å². The maximum atomic E-state index is 13.1. The number of nitrogen functional groups attached to an aromatic ring is 1. The van der Waals surface area contributed by atoms with Gasteiger partial charge >= 0.3 is 5.88 Å². The number of ketones is 1. The molecule has 8 nitrogen and oxygen atoms in total. The number of fused-ring (bicyclic) bond motifs is 1. The van der Waals surface area contributed by atoms with Gasteiger partial charge < -0.3 is 5.73 Å². The van der Waals surface area contributed by atoms with Crippen LogP contribution < -0.4 is 15.7 Å². The molecule has 168 valence electrons. The number of para-hydroxylation sites is 1. The molecule has 9 heteroatoms. The number of aryl methyl sites for hydroxylation is 1. The molecule has 5 aromatic rings. The lowest BCUT2D eigenvalue weighted by molar-refractivity contribution is -0.670. The Bertz CT molecular complexity index is 1540. The minimum atomic E-state index is -0.446. The summed E-state index contributed by atoms with van der Waals surface area (Å²) in [5.74, 6) is -0.394. The van der Waals surface area contributed by atoms with E-state index in [2.05, 4.69) is 15.6 Å². The maximum absolute atomic E-state index is 13.1. The molecule has 34 heavy (non-hydrogen) atoms. The van der Waals surface area contributed by atoms with E-state index in [9.17, 15) is 9.59 Å². The minimum absolute atomic E-state index is 0.116. The summed E-state index contributed by atoms with van der Waals surface area (Å²) < 4.78 is 6.79. The van der Waals surface area contributed by atoms with Crippen molar-refractivity contribution in [3.63, 3.8) is 0 Å². The molecule has 3 N–H and O–H groups in total. The zero-order chi connectivity index (χ0) is 23.8. The van der Waals surface area contributed by atoms with Gasteiger partial charge in [-0.15, -0.1) is 11.3 Å². The Kier molecular flexibility index (Phi) is 5.39. The summed E-state index contributed by atoms with van der Waals surface area (Å²) >= 11 is 1.17. The number of amides is 1. The first-order valence-corrected chi connectivity index (χ1v) is 11.3. The lowest BCUT2D eigenvalue weighted by Gasteiger charge is -2.12. The predicted octanol–water partition coefficient (Wildman–Crippen LogP) is 4.57. The molecule has 0 aliphatic rings. The molecule has 0 spiro atoms. The Balaban J connectivity index is 1.58. The normalized spacial score (nSPS) is 11.0. The smallest absolute Gasteiger partial charge is 0.303 e. The van der Waals surface area contributed by atoms with Crippen molar-refractivity contribution in [3.8, 4) is 16.8 Å². The van der Waals surface area contributed by atoms with Crippen LogP contribution in [0.2, 0.25) is 0 Å². The molecule has 3 aromatic heterocycles. The molecule has 0 aliphatic carbocycles. The number of carbonyl (C=O) groups excluding carboxylic acids is 2. The second kappa shape index (κ2) is 8.53. The Morgan fingerprint density at radius 2 is 1.74 bits per heavy atom. The van der Waals surface area contributed by atoms with Crippen molar-refractivity contribution in [1.82, 2.24) is 10.3 Å². The van der Waals surface area contributed by atoms with E-state index in [1.807, 2.05) is 60.7 Å². The molecule has 0 saturated carbocycles. The number of nitrogens with two attached hydrogens (primary N) is 1. The van der Waals surface area contributed by atoms with E-state index in [0.29, 0.717) is 27.0 Å². The summed E-state index contributed by atoms with van der Waals surface area (Å²) in [5.41, 5.74) is 10.1. The van der Waals surface area contributed by atoms with Crippen LogP contribution in [0.15, 0.2) is 71.4 Å². The molecule has 3 heterocycles. The molecule has 1 amide bonds. The number of nitrogens with one attached hydrogen (secondary N) is 1. The van der Waals surface area contributed by atoms with Gasteiger partial charge in [-0.25, -0.2) is 4.98 Å². The monoisotopic (exact) mass is 470 g/mol. The zero-order valence-corrected chi connectivity index (χ0v) is 19.2. The van der Waals surface area contributed by atoms with E-state index in [0.717, 1.165) is 11.3 Å². The van der Waals surface area contributed by atoms with Gasteiger partial charge in [0.05, 0.1) is 11.4 Å². The third-order valence-corrected chi connectivity index (χ3v) is 6.50. The number of hydrogen-bond donors (Lipinski definition) is 2. The summed E-state index contributed by atoms with van der Waals surface area (Å²) in [6.45, 7) is 3.29. The molecule has 0 atom stereocenters. The van der Waals surface area contributed by atoms with E-state index < -0.39 is 5.91 Å². The van der Waals surface area contributed by atoms with Crippen molar-refractivity contribution in [3.05, 3.63) is 83.0 Å². The number of thiophene rings is 1. The van der Waals surface area contributed by atoms with Crippen molar-refractivity contribution in [1.29, 1.82) is 0 Å². The second-order valence-corrected chi connectivity index (χ2v) is 8.69. The Morgan fingerprint density at radius 1 is 1.06 bits per heavy atom. The van der Waals surface area contributed by atoms with Crippen molar-refractivity contribution < 1.29 is 18.8 Å². The van der Waals surface area contributed by atoms with Crippen molar-refractivity contribution in [2.24, 2.45) is 0 Å².